The van der Waals surface area contributed by atoms with Crippen molar-refractivity contribution in [2.75, 3.05) is 6.54 Å². The molecule has 0 saturated heterocycles. The minimum atomic E-state index is 0.324. The van der Waals surface area contributed by atoms with Gasteiger partial charge in [0, 0.05) is 6.54 Å². The molecule has 0 aromatic carbocycles. The van der Waals surface area contributed by atoms with Gasteiger partial charge in [-0.1, -0.05) is 39.3 Å². The van der Waals surface area contributed by atoms with Gasteiger partial charge in [-0.05, 0) is 18.3 Å². The topological polar surface area (TPSA) is 26.0 Å². The first-order valence-corrected chi connectivity index (χ1v) is 4.46. The van der Waals surface area contributed by atoms with E-state index in [1.165, 1.54) is 12.0 Å². The Bertz CT molecular complexity index is 128. The fraction of sp³-hybridized carbons (Fsp3) is 0.800. The first-order valence-electron chi connectivity index (χ1n) is 4.46. The number of hydrogen-bond donors (Lipinski definition) is 1. The van der Waals surface area contributed by atoms with Crippen molar-refractivity contribution in [2.24, 2.45) is 11.1 Å². The Morgan fingerprint density at radius 3 is 2.18 bits per heavy atom. The highest BCUT2D eigenvalue weighted by Gasteiger charge is 2.11. The molecule has 0 aliphatic rings. The summed E-state index contributed by atoms with van der Waals surface area (Å²) in [6, 6.07) is 0. The minimum Gasteiger partial charge on any atom is -0.327 e. The van der Waals surface area contributed by atoms with Gasteiger partial charge < -0.3 is 5.73 Å². The average molecular weight is 155 g/mol. The van der Waals surface area contributed by atoms with E-state index in [1.54, 1.807) is 0 Å². The van der Waals surface area contributed by atoms with Crippen LogP contribution in [0.4, 0.5) is 0 Å². The van der Waals surface area contributed by atoms with E-state index < -0.39 is 0 Å². The largest absolute Gasteiger partial charge is 0.327 e. The highest BCUT2D eigenvalue weighted by Crippen LogP contribution is 2.23. The van der Waals surface area contributed by atoms with Crippen molar-refractivity contribution in [3.05, 3.63) is 11.6 Å². The van der Waals surface area contributed by atoms with Gasteiger partial charge in [-0.15, -0.1) is 0 Å². The van der Waals surface area contributed by atoms with Crippen LogP contribution in [-0.4, -0.2) is 6.54 Å². The van der Waals surface area contributed by atoms with Crippen molar-refractivity contribution in [2.45, 2.75) is 40.5 Å². The molecule has 0 heterocycles. The second-order valence-electron chi connectivity index (χ2n) is 3.70. The Hall–Kier alpha value is -0.300. The van der Waals surface area contributed by atoms with Crippen molar-refractivity contribution in [1.29, 1.82) is 0 Å². The smallest absolute Gasteiger partial charge is 0.0136 e. The van der Waals surface area contributed by atoms with Crippen molar-refractivity contribution >= 4 is 0 Å². The fourth-order valence-corrected chi connectivity index (χ4v) is 0.960. The summed E-state index contributed by atoms with van der Waals surface area (Å²) in [4.78, 5) is 0. The second-order valence-corrected chi connectivity index (χ2v) is 3.70. The molecule has 0 fully saturated rings. The molecule has 0 amide bonds. The van der Waals surface area contributed by atoms with E-state index in [-0.39, 0.29) is 0 Å². The summed E-state index contributed by atoms with van der Waals surface area (Å²) in [5.74, 6) is 0. The molecule has 0 bridgehead atoms. The van der Waals surface area contributed by atoms with Crippen molar-refractivity contribution < 1.29 is 0 Å². The second kappa shape index (κ2) is 4.55. The predicted molar refractivity (Wildman–Crippen MR) is 51.5 cm³/mol. The zero-order chi connectivity index (χ0) is 8.91. The molecule has 11 heavy (non-hydrogen) atoms. The van der Waals surface area contributed by atoms with Gasteiger partial charge in [-0.25, -0.2) is 0 Å². The van der Waals surface area contributed by atoms with Crippen LogP contribution in [-0.2, 0) is 0 Å². The van der Waals surface area contributed by atoms with Crippen LogP contribution in [0.2, 0.25) is 0 Å². The summed E-state index contributed by atoms with van der Waals surface area (Å²) in [5, 5.41) is 0. The monoisotopic (exact) mass is 155 g/mol. The minimum absolute atomic E-state index is 0.324. The highest BCUT2D eigenvalue weighted by atomic mass is 14.5. The van der Waals surface area contributed by atoms with Crippen LogP contribution in [0.25, 0.3) is 0 Å². The Labute approximate surface area is 70.7 Å². The van der Waals surface area contributed by atoms with Gasteiger partial charge in [0.15, 0.2) is 0 Å². The summed E-state index contributed by atoms with van der Waals surface area (Å²) < 4.78 is 0. The Morgan fingerprint density at radius 2 is 1.91 bits per heavy atom. The molecule has 1 nitrogen and oxygen atoms in total. The van der Waals surface area contributed by atoms with Gasteiger partial charge in [-0.2, -0.15) is 0 Å². The molecule has 66 valence electrons. The molecule has 0 rings (SSSR count). The molecule has 0 atom stereocenters. The standard InChI is InChI=1S/C10H21N/c1-5-9(8-11)7-10(3,4)6-2/h7H,5-6,8,11H2,1-4H3/b9-7+. The lowest BCUT2D eigenvalue weighted by molar-refractivity contribution is 0.457. The first kappa shape index (κ1) is 10.7. The van der Waals surface area contributed by atoms with Gasteiger partial charge in [0.2, 0.25) is 0 Å². The molecular formula is C10H21N. The van der Waals surface area contributed by atoms with Crippen LogP contribution in [0.15, 0.2) is 11.6 Å². The molecule has 2 N–H and O–H groups in total. The number of nitrogens with two attached hydrogens (primary N) is 1. The number of rotatable bonds is 4. The van der Waals surface area contributed by atoms with Gasteiger partial charge in [-0.3, -0.25) is 0 Å². The van der Waals surface area contributed by atoms with Gasteiger partial charge in [0.25, 0.3) is 0 Å². The van der Waals surface area contributed by atoms with Gasteiger partial charge >= 0.3 is 0 Å². The Balaban J connectivity index is 4.24. The van der Waals surface area contributed by atoms with E-state index in [4.69, 9.17) is 5.73 Å². The molecule has 0 radical (unpaired) electrons. The number of hydrogen-bond acceptors (Lipinski definition) is 1. The van der Waals surface area contributed by atoms with Gasteiger partial charge in [0.1, 0.15) is 0 Å². The summed E-state index contributed by atoms with van der Waals surface area (Å²) in [5.41, 5.74) is 7.27. The van der Waals surface area contributed by atoms with Crippen molar-refractivity contribution in [3.63, 3.8) is 0 Å². The summed E-state index contributed by atoms with van der Waals surface area (Å²) in [6.07, 6.45) is 4.57. The van der Waals surface area contributed by atoms with E-state index in [1.807, 2.05) is 0 Å². The van der Waals surface area contributed by atoms with E-state index in [0.29, 0.717) is 12.0 Å². The third-order valence-electron chi connectivity index (χ3n) is 2.22. The molecule has 0 saturated carbocycles. The maximum atomic E-state index is 5.58. The Morgan fingerprint density at radius 1 is 1.36 bits per heavy atom. The first-order chi connectivity index (χ1) is 5.05. The highest BCUT2D eigenvalue weighted by molar-refractivity contribution is 5.08. The lowest BCUT2D eigenvalue weighted by Crippen LogP contribution is -2.10. The number of allylic oxidation sites excluding steroid dienone is 1. The average Bonchev–Trinajstić information content (AvgIpc) is 2.00. The SMILES string of the molecule is CC/C(=C\C(C)(C)CC)CN. The summed E-state index contributed by atoms with van der Waals surface area (Å²) in [6.45, 7) is 9.57. The Kier molecular flexibility index (Phi) is 4.43. The van der Waals surface area contributed by atoms with Crippen LogP contribution in [0.3, 0.4) is 0 Å². The normalized spacial score (nSPS) is 13.7. The molecule has 0 aromatic rings. The maximum Gasteiger partial charge on any atom is 0.0136 e. The molecular weight excluding hydrogens is 134 g/mol. The predicted octanol–water partition coefficient (Wildman–Crippen LogP) is 2.72. The van der Waals surface area contributed by atoms with Crippen LogP contribution in [0.5, 0.6) is 0 Å². The fourth-order valence-electron chi connectivity index (χ4n) is 0.960. The van der Waals surface area contributed by atoms with Crippen LogP contribution >= 0.6 is 0 Å². The van der Waals surface area contributed by atoms with Crippen LogP contribution < -0.4 is 5.73 Å². The molecule has 0 aromatic heterocycles. The molecule has 0 aliphatic heterocycles. The maximum absolute atomic E-state index is 5.58. The molecule has 0 spiro atoms. The van der Waals surface area contributed by atoms with Gasteiger partial charge in [0.05, 0.1) is 0 Å². The molecule has 1 heteroatoms. The molecule has 0 aliphatic carbocycles. The lowest BCUT2D eigenvalue weighted by atomic mass is 9.87. The quantitative estimate of drug-likeness (QED) is 0.621. The zero-order valence-electron chi connectivity index (χ0n) is 8.28. The van der Waals surface area contributed by atoms with Crippen LogP contribution in [0.1, 0.15) is 40.5 Å². The van der Waals surface area contributed by atoms with E-state index in [2.05, 4.69) is 33.8 Å². The molecule has 0 unspecified atom stereocenters. The van der Waals surface area contributed by atoms with Crippen molar-refractivity contribution in [1.82, 2.24) is 0 Å². The van der Waals surface area contributed by atoms with Crippen LogP contribution in [0, 0.1) is 5.41 Å². The summed E-state index contributed by atoms with van der Waals surface area (Å²) >= 11 is 0. The summed E-state index contributed by atoms with van der Waals surface area (Å²) in [7, 11) is 0. The van der Waals surface area contributed by atoms with E-state index in [0.717, 1.165) is 6.42 Å². The zero-order valence-corrected chi connectivity index (χ0v) is 8.28. The lowest BCUT2D eigenvalue weighted by Gasteiger charge is -2.19. The van der Waals surface area contributed by atoms with E-state index in [9.17, 15) is 0 Å². The van der Waals surface area contributed by atoms with Crippen molar-refractivity contribution in [3.8, 4) is 0 Å². The third-order valence-corrected chi connectivity index (χ3v) is 2.22. The van der Waals surface area contributed by atoms with E-state index >= 15 is 0 Å². The third kappa shape index (κ3) is 4.20.